The molecule has 3 aromatic carbocycles. The monoisotopic (exact) mass is 844 g/mol. The average Bonchev–Trinajstić information content (AvgIpc) is 2.97. The van der Waals surface area contributed by atoms with Gasteiger partial charge in [-0.25, -0.2) is 4.79 Å². The number of carbonyl (C=O) groups excluding carboxylic acids is 1. The summed E-state index contributed by atoms with van der Waals surface area (Å²) in [6.07, 6.45) is 6.51. The molecule has 2 aliphatic rings. The van der Waals surface area contributed by atoms with E-state index in [4.69, 9.17) is 9.15 Å². The minimum Gasteiger partial charge on any atom is -0.871 e. The van der Waals surface area contributed by atoms with Gasteiger partial charge in [0.05, 0.1) is 21.1 Å². The quantitative estimate of drug-likeness (QED) is 0.0671. The fraction of sp³-hybridized carbons (Fsp3) is 0.250. The number of rotatable bonds is 9. The normalized spacial score (nSPS) is 11.3. The summed E-state index contributed by atoms with van der Waals surface area (Å²) in [5.41, 5.74) is 2.20. The maximum atomic E-state index is 13.7. The van der Waals surface area contributed by atoms with E-state index in [9.17, 15) is 14.7 Å². The smallest absolute Gasteiger partial charge is 0.871 e. The summed E-state index contributed by atoms with van der Waals surface area (Å²) in [5.74, 6) is -0.458. The van der Waals surface area contributed by atoms with Crippen molar-refractivity contribution in [1.29, 1.82) is 0 Å². The van der Waals surface area contributed by atoms with Crippen LogP contribution in [0, 0.1) is 0 Å². The molecule has 0 amide bonds. The van der Waals surface area contributed by atoms with Crippen LogP contribution in [0.2, 0.25) is 0 Å². The second-order valence-electron chi connectivity index (χ2n) is 9.88. The number of esters is 1. The number of carbonyl (C=O) groups is 1. The number of hydrogen-bond acceptors (Lipinski definition) is 5. The number of ether oxygens (including phenoxy) is 1. The SMILES string of the molecule is CCCCCCCCOC(=O)c1cc2ccccc2cc1-c1c2cc(Br)c(=O)c(Br)c-2oc2c(Br)c([O-])c(Br)cc12.[K+]. The molecule has 0 atom stereocenters. The molecule has 1 aliphatic heterocycles. The summed E-state index contributed by atoms with van der Waals surface area (Å²) < 4.78 is 13.1. The molecule has 0 bridgehead atoms. The van der Waals surface area contributed by atoms with Gasteiger partial charge in [-0.1, -0.05) is 85.0 Å². The summed E-state index contributed by atoms with van der Waals surface area (Å²) in [7, 11) is 0. The Kier molecular flexibility index (Phi) is 12.4. The van der Waals surface area contributed by atoms with Crippen LogP contribution in [0.25, 0.3) is 44.2 Å². The molecule has 0 aromatic heterocycles. The molecule has 1 heterocycles. The summed E-state index contributed by atoms with van der Waals surface area (Å²) >= 11 is 13.6. The first kappa shape index (κ1) is 34.3. The molecular weight excluding hydrogens is 823 g/mol. The largest absolute Gasteiger partial charge is 1.00 e. The fourth-order valence-electron chi connectivity index (χ4n) is 5.02. The Bertz CT molecular complexity index is 1820. The molecule has 10 heteroatoms. The molecule has 0 unspecified atom stereocenters. The average molecular weight is 848 g/mol. The van der Waals surface area contributed by atoms with Crippen LogP contribution in [0.3, 0.4) is 0 Å². The van der Waals surface area contributed by atoms with Crippen LogP contribution in [-0.4, -0.2) is 12.6 Å². The first-order chi connectivity index (χ1) is 19.7. The van der Waals surface area contributed by atoms with Crippen molar-refractivity contribution in [2.45, 2.75) is 45.4 Å². The maximum absolute atomic E-state index is 13.7. The van der Waals surface area contributed by atoms with Crippen LogP contribution in [-0.2, 0) is 4.74 Å². The Labute approximate surface area is 320 Å². The molecule has 0 N–H and O–H groups in total. The molecule has 0 fully saturated rings. The summed E-state index contributed by atoms with van der Waals surface area (Å²) in [6, 6.07) is 15.0. The van der Waals surface area contributed by atoms with E-state index in [1.807, 2.05) is 36.4 Å². The maximum Gasteiger partial charge on any atom is 1.00 e. The Morgan fingerprint density at radius 1 is 0.857 bits per heavy atom. The minimum atomic E-state index is -0.432. The van der Waals surface area contributed by atoms with Crippen LogP contribution in [0.1, 0.15) is 55.8 Å². The number of unbranched alkanes of at least 4 members (excludes halogenated alkanes) is 5. The summed E-state index contributed by atoms with van der Waals surface area (Å²) in [6.45, 7) is 2.51. The number of halogens is 4. The van der Waals surface area contributed by atoms with Crippen molar-refractivity contribution < 1.29 is 70.4 Å². The first-order valence-corrected chi connectivity index (χ1v) is 16.5. The van der Waals surface area contributed by atoms with E-state index in [0.717, 1.165) is 30.0 Å². The molecule has 212 valence electrons. The Balaban J connectivity index is 0.00000405. The topological polar surface area (TPSA) is 79.6 Å². The predicted octanol–water partition coefficient (Wildman–Crippen LogP) is 7.36. The molecule has 42 heavy (non-hydrogen) atoms. The van der Waals surface area contributed by atoms with Crippen molar-refractivity contribution in [2.24, 2.45) is 0 Å². The summed E-state index contributed by atoms with van der Waals surface area (Å²) in [5, 5.41) is 15.3. The zero-order chi connectivity index (χ0) is 29.3. The molecule has 3 aromatic rings. The van der Waals surface area contributed by atoms with Gasteiger partial charge in [0.25, 0.3) is 0 Å². The molecule has 1 aliphatic carbocycles. The molecule has 5 nitrogen and oxygen atoms in total. The molecule has 0 saturated heterocycles. The first-order valence-electron chi connectivity index (χ1n) is 13.4. The molecule has 0 radical (unpaired) electrons. The van der Waals surface area contributed by atoms with Gasteiger partial charge in [0.1, 0.15) is 10.1 Å². The van der Waals surface area contributed by atoms with Gasteiger partial charge in [-0.2, -0.15) is 0 Å². The van der Waals surface area contributed by atoms with E-state index in [0.29, 0.717) is 43.2 Å². The third-order valence-corrected chi connectivity index (χ3v) is 9.73. The van der Waals surface area contributed by atoms with Gasteiger partial charge in [0.15, 0.2) is 5.76 Å². The van der Waals surface area contributed by atoms with Gasteiger partial charge in [0.2, 0.25) is 5.43 Å². The second kappa shape index (κ2) is 15.1. The summed E-state index contributed by atoms with van der Waals surface area (Å²) in [4.78, 5) is 26.5. The molecule has 0 saturated carbocycles. The minimum absolute atomic E-state index is 0. The van der Waals surface area contributed by atoms with Crippen molar-refractivity contribution in [3.63, 3.8) is 0 Å². The van der Waals surface area contributed by atoms with E-state index in [1.54, 1.807) is 12.1 Å². The van der Waals surface area contributed by atoms with Crippen LogP contribution >= 0.6 is 63.7 Å². The number of hydrogen-bond donors (Lipinski definition) is 0. The third kappa shape index (κ3) is 6.97. The van der Waals surface area contributed by atoms with Crippen molar-refractivity contribution in [3.05, 3.63) is 82.2 Å². The number of benzene rings is 4. The number of fused-ring (bicyclic) bond motifs is 3. The van der Waals surface area contributed by atoms with Crippen molar-refractivity contribution >= 4 is 91.4 Å². The van der Waals surface area contributed by atoms with Crippen molar-refractivity contribution in [2.75, 3.05) is 6.61 Å². The van der Waals surface area contributed by atoms with Gasteiger partial charge in [0, 0.05) is 21.0 Å². The van der Waals surface area contributed by atoms with Gasteiger partial charge in [-0.05, 0) is 94.8 Å². The van der Waals surface area contributed by atoms with Crippen molar-refractivity contribution in [1.82, 2.24) is 0 Å². The van der Waals surface area contributed by atoms with Crippen LogP contribution in [0.5, 0.6) is 5.75 Å². The van der Waals surface area contributed by atoms with Gasteiger partial charge in [-0.3, -0.25) is 4.79 Å². The Morgan fingerprint density at radius 3 is 2.24 bits per heavy atom. The van der Waals surface area contributed by atoms with E-state index in [1.165, 1.54) is 19.3 Å². The molecule has 0 spiro atoms. The Morgan fingerprint density at radius 2 is 1.52 bits per heavy atom. The standard InChI is InChI=1S/C32H26Br4O5.K/c1-2-3-4-5-6-9-12-40-32(39)20-14-18-11-8-7-10-17(18)13-19(20)25-21-15-23(33)28(37)26(35)30(21)41-31-22(25)16-24(34)29(38)27(31)36;/h7-8,10-11,13-16,37H,2-6,9,12H2,1H3;/q;+1/p-1. The third-order valence-electron chi connectivity index (χ3n) is 7.11. The molecule has 5 rings (SSSR count). The fourth-order valence-corrected chi connectivity index (χ4v) is 7.42. The predicted molar refractivity (Wildman–Crippen MR) is 176 cm³/mol. The zero-order valence-corrected chi connectivity index (χ0v) is 32.6. The Hall–Kier alpha value is -0.564. The van der Waals surface area contributed by atoms with Gasteiger partial charge < -0.3 is 14.3 Å². The van der Waals surface area contributed by atoms with Gasteiger partial charge in [-0.15, -0.1) is 0 Å². The van der Waals surface area contributed by atoms with Gasteiger partial charge >= 0.3 is 57.4 Å². The second-order valence-corrected chi connectivity index (χ2v) is 13.2. The molecular formula is C32H25Br4KO5. The van der Waals surface area contributed by atoms with E-state index >= 15 is 0 Å². The van der Waals surface area contributed by atoms with Crippen LogP contribution in [0.15, 0.2) is 75.6 Å². The van der Waals surface area contributed by atoms with Crippen LogP contribution in [0.4, 0.5) is 0 Å². The van der Waals surface area contributed by atoms with E-state index in [-0.39, 0.29) is 82.9 Å². The van der Waals surface area contributed by atoms with E-state index < -0.39 is 5.97 Å². The zero-order valence-electron chi connectivity index (χ0n) is 23.1. The van der Waals surface area contributed by atoms with Crippen LogP contribution < -0.4 is 61.9 Å². The van der Waals surface area contributed by atoms with E-state index in [2.05, 4.69) is 70.6 Å². The van der Waals surface area contributed by atoms with Crippen molar-refractivity contribution in [3.8, 4) is 28.2 Å².